The van der Waals surface area contributed by atoms with Gasteiger partial charge in [0.05, 0.1) is 6.61 Å². The Balaban J connectivity index is 2.33. The van der Waals surface area contributed by atoms with E-state index in [9.17, 15) is 4.79 Å². The summed E-state index contributed by atoms with van der Waals surface area (Å²) in [5, 5.41) is 2.96. The van der Waals surface area contributed by atoms with Crippen molar-refractivity contribution in [3.05, 3.63) is 0 Å². The number of methoxy groups -OCH3 is 1. The zero-order valence-corrected chi connectivity index (χ0v) is 9.49. The van der Waals surface area contributed by atoms with Crippen molar-refractivity contribution in [1.29, 1.82) is 0 Å². The van der Waals surface area contributed by atoms with Crippen molar-refractivity contribution in [2.24, 2.45) is 0 Å². The SMILES string of the molecule is CNCC1OCCN(CCCOC)C1=O. The maximum Gasteiger partial charge on any atom is 0.253 e. The van der Waals surface area contributed by atoms with Gasteiger partial charge in [-0.2, -0.15) is 0 Å². The highest BCUT2D eigenvalue weighted by Gasteiger charge is 2.28. The molecule has 0 saturated carbocycles. The molecule has 1 heterocycles. The standard InChI is InChI=1S/C10H20N2O3/c1-11-8-9-10(13)12(5-7-15-9)4-3-6-14-2/h9,11H,3-8H2,1-2H3. The van der Waals surface area contributed by atoms with Crippen molar-refractivity contribution in [3.8, 4) is 0 Å². The summed E-state index contributed by atoms with van der Waals surface area (Å²) >= 11 is 0. The summed E-state index contributed by atoms with van der Waals surface area (Å²) in [5.41, 5.74) is 0. The minimum atomic E-state index is -0.314. The predicted octanol–water partition coefficient (Wildman–Crippen LogP) is -0.530. The Labute approximate surface area is 90.7 Å². The number of carbonyl (C=O) groups is 1. The van der Waals surface area contributed by atoms with Crippen LogP contribution in [0.25, 0.3) is 0 Å². The van der Waals surface area contributed by atoms with Gasteiger partial charge < -0.3 is 19.7 Å². The van der Waals surface area contributed by atoms with Crippen LogP contribution in [0.4, 0.5) is 0 Å². The number of hydrogen-bond acceptors (Lipinski definition) is 4. The van der Waals surface area contributed by atoms with Crippen LogP contribution < -0.4 is 5.32 Å². The summed E-state index contributed by atoms with van der Waals surface area (Å²) in [6.07, 6.45) is 0.570. The average Bonchev–Trinajstić information content (AvgIpc) is 2.24. The molecular formula is C10H20N2O3. The van der Waals surface area contributed by atoms with E-state index in [4.69, 9.17) is 9.47 Å². The lowest BCUT2D eigenvalue weighted by Crippen LogP contribution is -2.51. The lowest BCUT2D eigenvalue weighted by atomic mass is 10.2. The Hall–Kier alpha value is -0.650. The van der Waals surface area contributed by atoms with Gasteiger partial charge in [-0.15, -0.1) is 0 Å². The van der Waals surface area contributed by atoms with Crippen molar-refractivity contribution < 1.29 is 14.3 Å². The highest BCUT2D eigenvalue weighted by atomic mass is 16.5. The first-order valence-electron chi connectivity index (χ1n) is 5.33. The van der Waals surface area contributed by atoms with E-state index in [2.05, 4.69) is 5.32 Å². The van der Waals surface area contributed by atoms with Crippen molar-refractivity contribution >= 4 is 5.91 Å². The number of carbonyl (C=O) groups excluding carboxylic acids is 1. The minimum Gasteiger partial charge on any atom is -0.385 e. The highest BCUT2D eigenvalue weighted by molar-refractivity contribution is 5.81. The van der Waals surface area contributed by atoms with Gasteiger partial charge in [-0.05, 0) is 13.5 Å². The third kappa shape index (κ3) is 3.77. The molecule has 0 aromatic heterocycles. The molecule has 1 atom stereocenters. The number of ether oxygens (including phenoxy) is 2. The summed E-state index contributed by atoms with van der Waals surface area (Å²) in [4.78, 5) is 13.7. The average molecular weight is 216 g/mol. The van der Waals surface area contributed by atoms with Crippen LogP contribution >= 0.6 is 0 Å². The molecule has 0 aromatic rings. The van der Waals surface area contributed by atoms with Crippen LogP contribution in [0.15, 0.2) is 0 Å². The van der Waals surface area contributed by atoms with Gasteiger partial charge in [0.25, 0.3) is 5.91 Å². The summed E-state index contributed by atoms with van der Waals surface area (Å²) < 4.78 is 10.3. The number of hydrogen-bond donors (Lipinski definition) is 1. The molecule has 0 aliphatic carbocycles. The molecule has 1 saturated heterocycles. The molecule has 1 aliphatic heterocycles. The van der Waals surface area contributed by atoms with E-state index in [-0.39, 0.29) is 12.0 Å². The van der Waals surface area contributed by atoms with Crippen molar-refractivity contribution in [2.75, 3.05) is 47.0 Å². The van der Waals surface area contributed by atoms with Gasteiger partial charge in [0.2, 0.25) is 0 Å². The molecule has 0 spiro atoms. The largest absolute Gasteiger partial charge is 0.385 e. The number of nitrogens with one attached hydrogen (secondary N) is 1. The van der Waals surface area contributed by atoms with Gasteiger partial charge in [0.1, 0.15) is 6.10 Å². The normalized spacial score (nSPS) is 22.1. The molecule has 1 amide bonds. The number of likely N-dealkylation sites (N-methyl/N-ethyl adjacent to an activating group) is 1. The summed E-state index contributed by atoms with van der Waals surface area (Å²) in [6, 6.07) is 0. The molecule has 1 unspecified atom stereocenters. The van der Waals surface area contributed by atoms with Crippen molar-refractivity contribution in [2.45, 2.75) is 12.5 Å². The molecule has 15 heavy (non-hydrogen) atoms. The van der Waals surface area contributed by atoms with E-state index in [1.54, 1.807) is 7.11 Å². The molecule has 0 aromatic carbocycles. The van der Waals surface area contributed by atoms with E-state index < -0.39 is 0 Å². The minimum absolute atomic E-state index is 0.0895. The first kappa shape index (κ1) is 12.4. The van der Waals surface area contributed by atoms with E-state index in [1.165, 1.54) is 0 Å². The number of morpholine rings is 1. The van der Waals surface area contributed by atoms with Crippen LogP contribution in [0.3, 0.4) is 0 Å². The van der Waals surface area contributed by atoms with Gasteiger partial charge in [0, 0.05) is 33.4 Å². The fourth-order valence-electron chi connectivity index (χ4n) is 1.64. The maximum atomic E-state index is 11.8. The second kappa shape index (κ2) is 6.76. The summed E-state index contributed by atoms with van der Waals surface area (Å²) in [5.74, 6) is 0.0895. The van der Waals surface area contributed by atoms with Gasteiger partial charge >= 0.3 is 0 Å². The molecule has 1 rings (SSSR count). The smallest absolute Gasteiger partial charge is 0.253 e. The predicted molar refractivity (Wildman–Crippen MR) is 56.7 cm³/mol. The Bertz CT molecular complexity index is 197. The first-order chi connectivity index (χ1) is 7.29. The fourth-order valence-corrected chi connectivity index (χ4v) is 1.64. The first-order valence-corrected chi connectivity index (χ1v) is 5.33. The molecule has 0 radical (unpaired) electrons. The molecule has 1 aliphatic rings. The van der Waals surface area contributed by atoms with Gasteiger partial charge in [-0.25, -0.2) is 0 Å². The Kier molecular flexibility index (Phi) is 5.60. The number of nitrogens with zero attached hydrogens (tertiary/aromatic N) is 1. The fraction of sp³-hybridized carbons (Fsp3) is 0.900. The van der Waals surface area contributed by atoms with Gasteiger partial charge in [-0.3, -0.25) is 4.79 Å². The van der Waals surface area contributed by atoms with Crippen LogP contribution in [0.1, 0.15) is 6.42 Å². The number of amides is 1. The van der Waals surface area contributed by atoms with E-state index >= 15 is 0 Å². The third-order valence-corrected chi connectivity index (χ3v) is 2.43. The monoisotopic (exact) mass is 216 g/mol. The molecule has 5 nitrogen and oxygen atoms in total. The topological polar surface area (TPSA) is 50.8 Å². The lowest BCUT2D eigenvalue weighted by molar-refractivity contribution is -0.152. The van der Waals surface area contributed by atoms with Crippen LogP contribution in [-0.2, 0) is 14.3 Å². The lowest BCUT2D eigenvalue weighted by Gasteiger charge is -2.32. The Morgan fingerprint density at radius 1 is 1.67 bits per heavy atom. The van der Waals surface area contributed by atoms with Gasteiger partial charge in [0.15, 0.2) is 0 Å². The Morgan fingerprint density at radius 3 is 3.13 bits per heavy atom. The maximum absolute atomic E-state index is 11.8. The molecule has 5 heteroatoms. The molecule has 1 N–H and O–H groups in total. The van der Waals surface area contributed by atoms with Crippen LogP contribution in [0, 0.1) is 0 Å². The molecule has 88 valence electrons. The van der Waals surface area contributed by atoms with Crippen LogP contribution in [0.2, 0.25) is 0 Å². The van der Waals surface area contributed by atoms with E-state index in [0.717, 1.165) is 13.0 Å². The van der Waals surface area contributed by atoms with Crippen molar-refractivity contribution in [1.82, 2.24) is 10.2 Å². The van der Waals surface area contributed by atoms with Crippen LogP contribution in [-0.4, -0.2) is 63.9 Å². The van der Waals surface area contributed by atoms with E-state index in [1.807, 2.05) is 11.9 Å². The van der Waals surface area contributed by atoms with E-state index in [0.29, 0.717) is 26.3 Å². The second-order valence-corrected chi connectivity index (χ2v) is 3.59. The Morgan fingerprint density at radius 2 is 2.47 bits per heavy atom. The quantitative estimate of drug-likeness (QED) is 0.606. The molecule has 0 bridgehead atoms. The van der Waals surface area contributed by atoms with Gasteiger partial charge in [-0.1, -0.05) is 0 Å². The third-order valence-electron chi connectivity index (χ3n) is 2.43. The zero-order valence-electron chi connectivity index (χ0n) is 9.49. The zero-order chi connectivity index (χ0) is 11.1. The summed E-state index contributed by atoms with van der Waals surface area (Å²) in [6.45, 7) is 3.37. The molecular weight excluding hydrogens is 196 g/mol. The number of rotatable bonds is 6. The molecule has 1 fully saturated rings. The summed E-state index contributed by atoms with van der Waals surface area (Å²) in [7, 11) is 3.49. The van der Waals surface area contributed by atoms with Crippen molar-refractivity contribution in [3.63, 3.8) is 0 Å². The van der Waals surface area contributed by atoms with Crippen LogP contribution in [0.5, 0.6) is 0 Å². The second-order valence-electron chi connectivity index (χ2n) is 3.59. The highest BCUT2D eigenvalue weighted by Crippen LogP contribution is 2.07.